The van der Waals surface area contributed by atoms with Crippen molar-refractivity contribution in [3.05, 3.63) is 34.5 Å². The van der Waals surface area contributed by atoms with Crippen LogP contribution in [0.5, 0.6) is 0 Å². The van der Waals surface area contributed by atoms with Gasteiger partial charge in [0.2, 0.25) is 0 Å². The molecule has 3 rings (SSSR count). The first-order valence-corrected chi connectivity index (χ1v) is 12.4. The lowest BCUT2D eigenvalue weighted by molar-refractivity contribution is -0.144. The number of nitrogens with two attached hydrogens (primary N) is 1. The summed E-state index contributed by atoms with van der Waals surface area (Å²) >= 11 is 2.55. The number of amides is 2. The average Bonchev–Trinajstić information content (AvgIpc) is 3.25. The van der Waals surface area contributed by atoms with Gasteiger partial charge < -0.3 is 25.5 Å². The molecule has 2 amide bonds. The smallest absolute Gasteiger partial charge is 0.336 e. The van der Waals surface area contributed by atoms with Gasteiger partial charge in [0.05, 0.1) is 5.57 Å². The molecule has 2 aliphatic rings. The van der Waals surface area contributed by atoms with Crippen LogP contribution in [0.15, 0.2) is 34.0 Å². The van der Waals surface area contributed by atoms with Gasteiger partial charge in [-0.2, -0.15) is 0 Å². The maximum Gasteiger partial charge on any atom is 0.336 e. The number of unbranched alkanes of at least 4 members (excludes halogenated alkanes) is 1. The van der Waals surface area contributed by atoms with Crippen LogP contribution in [0.25, 0.3) is 0 Å². The van der Waals surface area contributed by atoms with Crippen molar-refractivity contribution in [2.24, 2.45) is 5.16 Å². The van der Waals surface area contributed by atoms with E-state index >= 15 is 0 Å². The molecule has 1 aromatic heterocycles. The Labute approximate surface area is 200 Å². The predicted molar refractivity (Wildman–Crippen MR) is 127 cm³/mol. The van der Waals surface area contributed by atoms with E-state index < -0.39 is 17.9 Å². The molecule has 1 unspecified atom stereocenters. The molecule has 1 saturated heterocycles. The van der Waals surface area contributed by atoms with E-state index in [1.807, 2.05) is 6.92 Å². The Morgan fingerprint density at radius 2 is 2.21 bits per heavy atom. The Morgan fingerprint density at radius 1 is 1.42 bits per heavy atom. The number of esters is 1. The van der Waals surface area contributed by atoms with Gasteiger partial charge in [-0.15, -0.1) is 23.1 Å². The number of nitrogens with one attached hydrogen (secondary N) is 1. The fourth-order valence-corrected chi connectivity index (χ4v) is 5.02. The summed E-state index contributed by atoms with van der Waals surface area (Å²) in [7, 11) is 1.31. The monoisotopic (exact) mass is 493 g/mol. The number of fused-ring (bicyclic) bond motifs is 1. The molecule has 1 fully saturated rings. The second-order valence-corrected chi connectivity index (χ2v) is 9.32. The summed E-state index contributed by atoms with van der Waals surface area (Å²) in [6, 6.07) is -0.752. The molecule has 10 nitrogen and oxygen atoms in total. The zero-order chi connectivity index (χ0) is 24.0. The molecule has 2 atom stereocenters. The summed E-state index contributed by atoms with van der Waals surface area (Å²) in [5, 5.41) is 7.95. The Kier molecular flexibility index (Phi) is 8.50. The Bertz CT molecular complexity index is 1000. The van der Waals surface area contributed by atoms with Crippen LogP contribution in [0.1, 0.15) is 38.8 Å². The summed E-state index contributed by atoms with van der Waals surface area (Å²) in [6.07, 6.45) is 6.41. The highest BCUT2D eigenvalue weighted by atomic mass is 32.2. The second-order valence-electron chi connectivity index (χ2n) is 7.33. The molecule has 0 spiro atoms. The normalized spacial score (nSPS) is 20.5. The highest BCUT2D eigenvalue weighted by Gasteiger charge is 2.50. The second kappa shape index (κ2) is 11.3. The number of nitrogen functional groups attached to an aromatic ring is 1. The molecular weight excluding hydrogens is 466 g/mol. The number of oxime groups is 1. The van der Waals surface area contributed by atoms with Gasteiger partial charge in [0, 0.05) is 17.3 Å². The van der Waals surface area contributed by atoms with Crippen LogP contribution in [0.3, 0.4) is 0 Å². The van der Waals surface area contributed by atoms with Gasteiger partial charge in [0.15, 0.2) is 10.8 Å². The molecule has 0 aliphatic carbocycles. The fourth-order valence-electron chi connectivity index (χ4n) is 3.23. The van der Waals surface area contributed by atoms with Crippen LogP contribution in [-0.4, -0.2) is 64.3 Å². The third-order valence-corrected chi connectivity index (χ3v) is 7.05. The van der Waals surface area contributed by atoms with E-state index in [0.717, 1.165) is 36.2 Å². The molecule has 0 radical (unpaired) electrons. The number of carbonyl (C=O) groups excluding carboxylic acids is 3. The van der Waals surface area contributed by atoms with Crippen LogP contribution in [0.2, 0.25) is 0 Å². The zero-order valence-electron chi connectivity index (χ0n) is 18.7. The fraction of sp³-hybridized carbons (Fsp3) is 0.476. The number of anilines is 1. The van der Waals surface area contributed by atoms with Gasteiger partial charge in [0.25, 0.3) is 11.8 Å². The number of hydrogen-bond donors (Lipinski definition) is 2. The summed E-state index contributed by atoms with van der Waals surface area (Å²) < 4.78 is 5.43. The molecule has 0 aromatic carbocycles. The van der Waals surface area contributed by atoms with Crippen molar-refractivity contribution in [2.45, 2.75) is 44.5 Å². The molecule has 2 aliphatic heterocycles. The van der Waals surface area contributed by atoms with Crippen molar-refractivity contribution in [1.82, 2.24) is 15.2 Å². The number of β-lactam (4-membered cyclic amide) rings is 1. The number of thioether (sulfide) groups is 1. The molecule has 0 bridgehead atoms. The molecule has 33 heavy (non-hydrogen) atoms. The number of hydrogen-bond acceptors (Lipinski definition) is 10. The minimum Gasteiger partial charge on any atom is -0.458 e. The van der Waals surface area contributed by atoms with Gasteiger partial charge in [-0.05, 0) is 18.4 Å². The lowest BCUT2D eigenvalue weighted by atomic mass is 10.1. The number of ether oxygens (including phenoxy) is 1. The Balaban J connectivity index is 1.60. The van der Waals surface area contributed by atoms with E-state index in [2.05, 4.69) is 28.5 Å². The van der Waals surface area contributed by atoms with Crippen molar-refractivity contribution in [3.63, 3.8) is 0 Å². The van der Waals surface area contributed by atoms with Crippen molar-refractivity contribution in [2.75, 3.05) is 25.2 Å². The lowest BCUT2D eigenvalue weighted by Gasteiger charge is -2.47. The van der Waals surface area contributed by atoms with Gasteiger partial charge in [0.1, 0.15) is 30.8 Å². The van der Waals surface area contributed by atoms with Crippen molar-refractivity contribution < 1.29 is 24.0 Å². The maximum absolute atomic E-state index is 12.7. The zero-order valence-corrected chi connectivity index (χ0v) is 20.3. The maximum atomic E-state index is 12.7. The number of aromatic nitrogens is 1. The summed E-state index contributed by atoms with van der Waals surface area (Å²) in [5.41, 5.74) is 7.32. The van der Waals surface area contributed by atoms with Crippen LogP contribution in [-0.2, 0) is 24.0 Å². The highest BCUT2D eigenvalue weighted by molar-refractivity contribution is 8.00. The van der Waals surface area contributed by atoms with Gasteiger partial charge in [-0.1, -0.05) is 31.5 Å². The van der Waals surface area contributed by atoms with Crippen molar-refractivity contribution in [1.29, 1.82) is 0 Å². The Morgan fingerprint density at radius 3 is 2.85 bits per heavy atom. The van der Waals surface area contributed by atoms with Gasteiger partial charge in [-0.3, -0.25) is 9.59 Å². The molecule has 3 heterocycles. The van der Waals surface area contributed by atoms with E-state index in [4.69, 9.17) is 15.3 Å². The van der Waals surface area contributed by atoms with Crippen molar-refractivity contribution in [3.8, 4) is 0 Å². The molecule has 1 aromatic rings. The van der Waals surface area contributed by atoms with Crippen LogP contribution in [0, 0.1) is 0 Å². The molecule has 3 N–H and O–H groups in total. The topological polar surface area (TPSA) is 136 Å². The number of allylic oxidation sites excluding steroid dienone is 1. The quantitative estimate of drug-likeness (QED) is 0.166. The molecule has 178 valence electrons. The first-order valence-electron chi connectivity index (χ1n) is 10.5. The van der Waals surface area contributed by atoms with E-state index in [1.165, 1.54) is 30.0 Å². The molecule has 0 saturated carbocycles. The average molecular weight is 494 g/mol. The molecular formula is C21H27N5O5S2. The predicted octanol–water partition coefficient (Wildman–Crippen LogP) is 2.04. The third kappa shape index (κ3) is 5.74. The van der Waals surface area contributed by atoms with E-state index in [0.29, 0.717) is 11.3 Å². The largest absolute Gasteiger partial charge is 0.458 e. The van der Waals surface area contributed by atoms with E-state index in [1.54, 1.807) is 5.38 Å². The minimum atomic E-state index is -0.752. The number of carbonyl (C=O) groups is 3. The first-order chi connectivity index (χ1) is 15.9. The number of nitrogens with zero attached hydrogens (tertiary/aromatic N) is 3. The summed E-state index contributed by atoms with van der Waals surface area (Å²) in [5.74, 6) is -0.979. The molecule has 12 heteroatoms. The highest BCUT2D eigenvalue weighted by Crippen LogP contribution is 2.36. The summed E-state index contributed by atoms with van der Waals surface area (Å²) in [4.78, 5) is 48.1. The van der Waals surface area contributed by atoms with E-state index in [-0.39, 0.29) is 34.4 Å². The van der Waals surface area contributed by atoms with Crippen LogP contribution in [0.4, 0.5) is 5.13 Å². The van der Waals surface area contributed by atoms with Crippen LogP contribution >= 0.6 is 23.1 Å². The number of rotatable bonds is 10. The first kappa shape index (κ1) is 24.8. The van der Waals surface area contributed by atoms with Crippen molar-refractivity contribution >= 4 is 51.7 Å². The lowest BCUT2D eigenvalue weighted by Crippen LogP contribution is -2.69. The summed E-state index contributed by atoms with van der Waals surface area (Å²) in [6.45, 7) is 4.36. The van der Waals surface area contributed by atoms with Gasteiger partial charge in [-0.25, -0.2) is 9.78 Å². The Hall–Kier alpha value is -2.86. The van der Waals surface area contributed by atoms with Crippen LogP contribution < -0.4 is 11.1 Å². The van der Waals surface area contributed by atoms with E-state index in [9.17, 15) is 14.4 Å². The standard InChI is InChI=1S/C21H27N5O5S2/c1-4-6-7-12(5-2)9-31-20(29)13-8-26-18(28)16(19(26)32-10-13)24-17(27)15(25-30-3)14-11-33-21(22)23-14/h7-8,11,16,19H,4-6,9-10H2,1-3H3,(H2,22,23)(H,24,27)/t16?,19-/m1/s1. The van der Waals surface area contributed by atoms with Gasteiger partial charge >= 0.3 is 5.97 Å². The number of thiazole rings is 1. The SMILES string of the molecule is CCCC=C(CC)COC(=O)C1=CN2C(=O)C(NC(=O)C(=NOC)c3csc(N)n3)[C@H]2SC1. The third-order valence-electron chi connectivity index (χ3n) is 5.06. The minimum absolute atomic E-state index is 0.0693.